The summed E-state index contributed by atoms with van der Waals surface area (Å²) in [4.78, 5) is 2.70. The molecule has 0 spiro atoms. The molecule has 0 aromatic carbocycles. The summed E-state index contributed by atoms with van der Waals surface area (Å²) in [6, 6.07) is 0. The second-order valence-corrected chi connectivity index (χ2v) is 5.73. The van der Waals surface area contributed by atoms with E-state index < -0.39 is 0 Å². The standard InChI is InChI=1S/C14H27NO/c1-16-12-14-8-5-9-15(11-14)10-13-6-3-2-4-7-13/h13-14H,2-12H2,1H3. The maximum absolute atomic E-state index is 5.29. The highest BCUT2D eigenvalue weighted by molar-refractivity contribution is 4.76. The van der Waals surface area contributed by atoms with E-state index in [-0.39, 0.29) is 0 Å². The van der Waals surface area contributed by atoms with Crippen LogP contribution >= 0.6 is 0 Å². The Morgan fingerprint density at radius 3 is 2.50 bits per heavy atom. The summed E-state index contributed by atoms with van der Waals surface area (Å²) in [5.41, 5.74) is 0. The number of piperidine rings is 1. The molecule has 1 unspecified atom stereocenters. The number of ether oxygens (including phenoxy) is 1. The van der Waals surface area contributed by atoms with Gasteiger partial charge in [0.25, 0.3) is 0 Å². The normalized spacial score (nSPS) is 29.4. The number of rotatable bonds is 4. The molecule has 0 aromatic heterocycles. The van der Waals surface area contributed by atoms with E-state index in [1.54, 1.807) is 0 Å². The Morgan fingerprint density at radius 2 is 1.75 bits per heavy atom. The van der Waals surface area contributed by atoms with E-state index >= 15 is 0 Å². The molecule has 1 aliphatic heterocycles. The molecule has 0 radical (unpaired) electrons. The second-order valence-electron chi connectivity index (χ2n) is 5.73. The summed E-state index contributed by atoms with van der Waals surface area (Å²) in [6.45, 7) is 4.93. The molecule has 94 valence electrons. The Morgan fingerprint density at radius 1 is 1.00 bits per heavy atom. The van der Waals surface area contributed by atoms with Gasteiger partial charge in [0, 0.05) is 20.2 Å². The maximum atomic E-state index is 5.29. The lowest BCUT2D eigenvalue weighted by molar-refractivity contribution is 0.0786. The van der Waals surface area contributed by atoms with Gasteiger partial charge in [-0.3, -0.25) is 0 Å². The molecule has 1 saturated heterocycles. The zero-order chi connectivity index (χ0) is 11.2. The van der Waals surface area contributed by atoms with E-state index in [0.717, 1.165) is 18.4 Å². The Kier molecular flexibility index (Phi) is 5.11. The molecule has 2 fully saturated rings. The van der Waals surface area contributed by atoms with Crippen molar-refractivity contribution in [2.75, 3.05) is 33.4 Å². The van der Waals surface area contributed by atoms with E-state index in [0.29, 0.717) is 0 Å². The van der Waals surface area contributed by atoms with Crippen molar-refractivity contribution in [3.05, 3.63) is 0 Å². The molecule has 0 N–H and O–H groups in total. The van der Waals surface area contributed by atoms with Crippen LogP contribution in [0.4, 0.5) is 0 Å². The fourth-order valence-electron chi connectivity index (χ4n) is 3.42. The Bertz CT molecular complexity index is 187. The molecule has 2 nitrogen and oxygen atoms in total. The number of methoxy groups -OCH3 is 1. The minimum atomic E-state index is 0.794. The lowest BCUT2D eigenvalue weighted by Gasteiger charge is -2.35. The molecule has 16 heavy (non-hydrogen) atoms. The second kappa shape index (κ2) is 6.61. The molecule has 2 rings (SSSR count). The van der Waals surface area contributed by atoms with Gasteiger partial charge in [-0.15, -0.1) is 0 Å². The van der Waals surface area contributed by atoms with Gasteiger partial charge in [-0.2, -0.15) is 0 Å². The summed E-state index contributed by atoms with van der Waals surface area (Å²) in [5.74, 6) is 1.79. The monoisotopic (exact) mass is 225 g/mol. The average Bonchev–Trinajstić information content (AvgIpc) is 2.31. The Labute approximate surface area is 100 Å². The highest BCUT2D eigenvalue weighted by atomic mass is 16.5. The van der Waals surface area contributed by atoms with Crippen molar-refractivity contribution in [2.24, 2.45) is 11.8 Å². The zero-order valence-corrected chi connectivity index (χ0v) is 10.8. The van der Waals surface area contributed by atoms with Crippen molar-refractivity contribution in [1.29, 1.82) is 0 Å². The van der Waals surface area contributed by atoms with Gasteiger partial charge in [-0.05, 0) is 44.1 Å². The minimum absolute atomic E-state index is 0.794. The number of nitrogens with zero attached hydrogens (tertiary/aromatic N) is 1. The van der Waals surface area contributed by atoms with Gasteiger partial charge >= 0.3 is 0 Å². The van der Waals surface area contributed by atoms with Crippen LogP contribution in [-0.2, 0) is 4.74 Å². The van der Waals surface area contributed by atoms with Crippen LogP contribution in [0.25, 0.3) is 0 Å². The van der Waals surface area contributed by atoms with E-state index in [2.05, 4.69) is 4.90 Å². The lowest BCUT2D eigenvalue weighted by Crippen LogP contribution is -2.40. The van der Waals surface area contributed by atoms with E-state index in [4.69, 9.17) is 4.74 Å². The molecular formula is C14H27NO. The quantitative estimate of drug-likeness (QED) is 0.729. The van der Waals surface area contributed by atoms with Gasteiger partial charge in [0.2, 0.25) is 0 Å². The summed E-state index contributed by atoms with van der Waals surface area (Å²) in [7, 11) is 1.83. The third-order valence-electron chi connectivity index (χ3n) is 4.25. The largest absolute Gasteiger partial charge is 0.384 e. The van der Waals surface area contributed by atoms with Crippen molar-refractivity contribution in [3.8, 4) is 0 Å². The van der Waals surface area contributed by atoms with Crippen LogP contribution in [0, 0.1) is 11.8 Å². The van der Waals surface area contributed by atoms with Crippen LogP contribution < -0.4 is 0 Å². The first-order valence-corrected chi connectivity index (χ1v) is 7.10. The Balaban J connectivity index is 1.71. The van der Waals surface area contributed by atoms with Crippen LogP contribution in [0.3, 0.4) is 0 Å². The molecule has 2 aliphatic rings. The van der Waals surface area contributed by atoms with Crippen molar-refractivity contribution >= 4 is 0 Å². The topological polar surface area (TPSA) is 12.5 Å². The summed E-state index contributed by atoms with van der Waals surface area (Å²) in [6.07, 6.45) is 10.1. The predicted molar refractivity (Wildman–Crippen MR) is 67.6 cm³/mol. The van der Waals surface area contributed by atoms with Crippen molar-refractivity contribution in [3.63, 3.8) is 0 Å². The van der Waals surface area contributed by atoms with E-state index in [1.165, 1.54) is 64.6 Å². The van der Waals surface area contributed by atoms with Crippen LogP contribution in [0.2, 0.25) is 0 Å². The summed E-state index contributed by atoms with van der Waals surface area (Å²) in [5, 5.41) is 0. The number of hydrogen-bond donors (Lipinski definition) is 0. The van der Waals surface area contributed by atoms with Crippen LogP contribution in [0.1, 0.15) is 44.9 Å². The minimum Gasteiger partial charge on any atom is -0.384 e. The highest BCUT2D eigenvalue weighted by Gasteiger charge is 2.23. The van der Waals surface area contributed by atoms with Crippen LogP contribution in [0.5, 0.6) is 0 Å². The highest BCUT2D eigenvalue weighted by Crippen LogP contribution is 2.26. The fourth-order valence-corrected chi connectivity index (χ4v) is 3.42. The Hall–Kier alpha value is -0.0800. The van der Waals surface area contributed by atoms with Gasteiger partial charge in [0.15, 0.2) is 0 Å². The van der Waals surface area contributed by atoms with Gasteiger partial charge in [-0.25, -0.2) is 0 Å². The SMILES string of the molecule is COCC1CCCN(CC2CCCCC2)C1. The summed E-state index contributed by atoms with van der Waals surface area (Å²) < 4.78 is 5.29. The van der Waals surface area contributed by atoms with Crippen molar-refractivity contribution in [2.45, 2.75) is 44.9 Å². The first-order valence-electron chi connectivity index (χ1n) is 7.10. The molecule has 1 atom stereocenters. The van der Waals surface area contributed by atoms with Crippen molar-refractivity contribution in [1.82, 2.24) is 4.90 Å². The fraction of sp³-hybridized carbons (Fsp3) is 1.00. The van der Waals surface area contributed by atoms with Gasteiger partial charge in [0.05, 0.1) is 6.61 Å². The number of hydrogen-bond acceptors (Lipinski definition) is 2. The molecule has 0 aromatic rings. The van der Waals surface area contributed by atoms with Gasteiger partial charge in [0.1, 0.15) is 0 Å². The molecule has 1 heterocycles. The third kappa shape index (κ3) is 3.74. The zero-order valence-electron chi connectivity index (χ0n) is 10.8. The average molecular weight is 225 g/mol. The smallest absolute Gasteiger partial charge is 0.0502 e. The van der Waals surface area contributed by atoms with E-state index in [1.807, 2.05) is 7.11 Å². The predicted octanol–water partition coefficient (Wildman–Crippen LogP) is 2.93. The summed E-state index contributed by atoms with van der Waals surface area (Å²) >= 11 is 0. The van der Waals surface area contributed by atoms with Gasteiger partial charge < -0.3 is 9.64 Å². The first-order chi connectivity index (χ1) is 7.88. The van der Waals surface area contributed by atoms with Crippen molar-refractivity contribution < 1.29 is 4.74 Å². The van der Waals surface area contributed by atoms with E-state index in [9.17, 15) is 0 Å². The molecule has 0 bridgehead atoms. The van der Waals surface area contributed by atoms with Gasteiger partial charge in [-0.1, -0.05) is 19.3 Å². The molecular weight excluding hydrogens is 198 g/mol. The number of likely N-dealkylation sites (tertiary alicyclic amines) is 1. The van der Waals surface area contributed by atoms with Crippen LogP contribution in [-0.4, -0.2) is 38.3 Å². The third-order valence-corrected chi connectivity index (χ3v) is 4.25. The van der Waals surface area contributed by atoms with Crippen LogP contribution in [0.15, 0.2) is 0 Å². The molecule has 2 heteroatoms. The lowest BCUT2D eigenvalue weighted by atomic mass is 9.88. The molecule has 1 aliphatic carbocycles. The molecule has 0 amide bonds. The maximum Gasteiger partial charge on any atom is 0.0502 e. The first kappa shape index (κ1) is 12.4. The molecule has 1 saturated carbocycles.